The van der Waals surface area contributed by atoms with Gasteiger partial charge in [0.2, 0.25) is 0 Å². The van der Waals surface area contributed by atoms with E-state index in [1.165, 1.54) is 17.8 Å². The zero-order valence-corrected chi connectivity index (χ0v) is 10.6. The minimum Gasteiger partial charge on any atom is -0.313 e. The van der Waals surface area contributed by atoms with Crippen molar-refractivity contribution in [2.75, 3.05) is 6.54 Å². The van der Waals surface area contributed by atoms with Gasteiger partial charge in [-0.1, -0.05) is 6.92 Å². The van der Waals surface area contributed by atoms with Crippen LogP contribution in [0.25, 0.3) is 0 Å². The molecule has 0 saturated heterocycles. The molecule has 1 aliphatic carbocycles. The van der Waals surface area contributed by atoms with Crippen LogP contribution in [-0.2, 0) is 0 Å². The molecular formula is C12H20N2S. The first-order valence-electron chi connectivity index (χ1n) is 5.82. The van der Waals surface area contributed by atoms with Gasteiger partial charge < -0.3 is 5.32 Å². The highest BCUT2D eigenvalue weighted by atomic mass is 32.1. The number of hydrogen-bond acceptors (Lipinski definition) is 3. The van der Waals surface area contributed by atoms with E-state index in [0.717, 1.165) is 18.2 Å². The van der Waals surface area contributed by atoms with Gasteiger partial charge in [-0.05, 0) is 32.6 Å². The number of nitrogens with zero attached hydrogens (tertiary/aromatic N) is 1. The molecular weight excluding hydrogens is 204 g/mol. The lowest BCUT2D eigenvalue weighted by molar-refractivity contribution is 0.476. The highest BCUT2D eigenvalue weighted by molar-refractivity contribution is 7.09. The second-order valence-electron chi connectivity index (χ2n) is 4.76. The first-order chi connectivity index (χ1) is 7.16. The minimum atomic E-state index is 0.546. The number of nitrogens with one attached hydrogen (secondary N) is 1. The molecule has 0 bridgehead atoms. The van der Waals surface area contributed by atoms with E-state index < -0.39 is 0 Å². The van der Waals surface area contributed by atoms with Gasteiger partial charge in [0, 0.05) is 29.6 Å². The Kier molecular flexibility index (Phi) is 3.42. The monoisotopic (exact) mass is 224 g/mol. The first-order valence-corrected chi connectivity index (χ1v) is 6.70. The fourth-order valence-electron chi connectivity index (χ4n) is 1.81. The smallest absolute Gasteiger partial charge is 0.0969 e. The zero-order chi connectivity index (χ0) is 10.8. The predicted octanol–water partition coefficient (Wildman–Crippen LogP) is 2.94. The normalized spacial score (nSPS) is 20.2. The van der Waals surface area contributed by atoms with Crippen molar-refractivity contribution in [3.05, 3.63) is 16.1 Å². The van der Waals surface area contributed by atoms with Crippen LogP contribution in [0.15, 0.2) is 5.38 Å². The quantitative estimate of drug-likeness (QED) is 0.832. The highest BCUT2D eigenvalue weighted by Crippen LogP contribution is 2.32. The van der Waals surface area contributed by atoms with Gasteiger partial charge in [-0.25, -0.2) is 4.98 Å². The van der Waals surface area contributed by atoms with E-state index in [0.29, 0.717) is 12.0 Å². The number of aryl methyl sites for hydroxylation is 1. The lowest BCUT2D eigenvalue weighted by Crippen LogP contribution is -2.31. The van der Waals surface area contributed by atoms with Crippen molar-refractivity contribution in [3.8, 4) is 0 Å². The summed E-state index contributed by atoms with van der Waals surface area (Å²) >= 11 is 1.78. The standard InChI is InChI=1S/C12H20N2S/c1-8(12-14-9(2)7-15-12)6-13-10(3)11-4-5-11/h7-8,10-11,13H,4-6H2,1-3H3. The van der Waals surface area contributed by atoms with Crippen molar-refractivity contribution in [3.63, 3.8) is 0 Å². The van der Waals surface area contributed by atoms with Gasteiger partial charge in [-0.2, -0.15) is 0 Å². The minimum absolute atomic E-state index is 0.546. The van der Waals surface area contributed by atoms with Crippen LogP contribution in [0.3, 0.4) is 0 Å². The second-order valence-corrected chi connectivity index (χ2v) is 5.65. The SMILES string of the molecule is Cc1csc(C(C)CNC(C)C2CC2)n1. The van der Waals surface area contributed by atoms with Gasteiger partial charge in [0.15, 0.2) is 0 Å². The van der Waals surface area contributed by atoms with Crippen LogP contribution in [-0.4, -0.2) is 17.6 Å². The van der Waals surface area contributed by atoms with E-state index in [9.17, 15) is 0 Å². The van der Waals surface area contributed by atoms with E-state index in [2.05, 4.69) is 36.5 Å². The van der Waals surface area contributed by atoms with Gasteiger partial charge in [0.05, 0.1) is 5.01 Å². The van der Waals surface area contributed by atoms with Crippen molar-refractivity contribution < 1.29 is 0 Å². The average Bonchev–Trinajstić information content (AvgIpc) is 2.97. The maximum absolute atomic E-state index is 4.53. The van der Waals surface area contributed by atoms with Gasteiger partial charge in [0.1, 0.15) is 0 Å². The molecule has 0 radical (unpaired) electrons. The Morgan fingerprint density at radius 2 is 2.27 bits per heavy atom. The highest BCUT2D eigenvalue weighted by Gasteiger charge is 2.27. The van der Waals surface area contributed by atoms with E-state index in [1.54, 1.807) is 11.3 Å². The van der Waals surface area contributed by atoms with Crippen LogP contribution >= 0.6 is 11.3 Å². The van der Waals surface area contributed by atoms with Crippen LogP contribution < -0.4 is 5.32 Å². The summed E-state index contributed by atoms with van der Waals surface area (Å²) in [5.41, 5.74) is 1.15. The summed E-state index contributed by atoms with van der Waals surface area (Å²) in [4.78, 5) is 4.53. The summed E-state index contributed by atoms with van der Waals surface area (Å²) in [6, 6.07) is 0.688. The Bertz CT molecular complexity index is 317. The molecule has 1 N–H and O–H groups in total. The maximum Gasteiger partial charge on any atom is 0.0969 e. The molecule has 1 aromatic heterocycles. The molecule has 15 heavy (non-hydrogen) atoms. The third-order valence-electron chi connectivity index (χ3n) is 3.13. The molecule has 3 heteroatoms. The molecule has 2 nitrogen and oxygen atoms in total. The molecule has 0 aromatic carbocycles. The summed E-state index contributed by atoms with van der Waals surface area (Å²) in [6.07, 6.45) is 2.83. The number of rotatable bonds is 5. The van der Waals surface area contributed by atoms with Crippen molar-refractivity contribution in [1.82, 2.24) is 10.3 Å². The van der Waals surface area contributed by atoms with Gasteiger partial charge in [-0.15, -0.1) is 11.3 Å². The molecule has 0 amide bonds. The number of hydrogen-bond donors (Lipinski definition) is 1. The van der Waals surface area contributed by atoms with E-state index in [-0.39, 0.29) is 0 Å². The maximum atomic E-state index is 4.53. The summed E-state index contributed by atoms with van der Waals surface area (Å²) in [7, 11) is 0. The molecule has 84 valence electrons. The molecule has 2 atom stereocenters. The molecule has 0 spiro atoms. The molecule has 1 aromatic rings. The molecule has 2 rings (SSSR count). The Hall–Kier alpha value is -0.410. The van der Waals surface area contributed by atoms with E-state index in [1.807, 2.05) is 0 Å². The van der Waals surface area contributed by atoms with E-state index >= 15 is 0 Å². The van der Waals surface area contributed by atoms with Crippen LogP contribution in [0.1, 0.15) is 43.3 Å². The third kappa shape index (κ3) is 3.02. The van der Waals surface area contributed by atoms with Gasteiger partial charge in [0.25, 0.3) is 0 Å². The van der Waals surface area contributed by atoms with Crippen molar-refractivity contribution in [1.29, 1.82) is 0 Å². The van der Waals surface area contributed by atoms with Crippen molar-refractivity contribution in [2.24, 2.45) is 5.92 Å². The summed E-state index contributed by atoms with van der Waals surface area (Å²) in [5.74, 6) is 1.49. The fourth-order valence-corrected chi connectivity index (χ4v) is 2.67. The first kappa shape index (κ1) is 11.1. The van der Waals surface area contributed by atoms with E-state index in [4.69, 9.17) is 0 Å². The Morgan fingerprint density at radius 1 is 1.53 bits per heavy atom. The number of aromatic nitrogens is 1. The van der Waals surface area contributed by atoms with Gasteiger partial charge >= 0.3 is 0 Å². The van der Waals surface area contributed by atoms with Crippen LogP contribution in [0.2, 0.25) is 0 Å². The Balaban J connectivity index is 1.78. The zero-order valence-electron chi connectivity index (χ0n) is 9.79. The van der Waals surface area contributed by atoms with Crippen LogP contribution in [0.4, 0.5) is 0 Å². The fraction of sp³-hybridized carbons (Fsp3) is 0.750. The molecule has 2 unspecified atom stereocenters. The second kappa shape index (κ2) is 4.62. The molecule has 0 aliphatic heterocycles. The van der Waals surface area contributed by atoms with Crippen molar-refractivity contribution in [2.45, 2.75) is 45.6 Å². The third-order valence-corrected chi connectivity index (χ3v) is 4.33. The van der Waals surface area contributed by atoms with Gasteiger partial charge in [-0.3, -0.25) is 0 Å². The molecule has 1 fully saturated rings. The lowest BCUT2D eigenvalue weighted by Gasteiger charge is -2.15. The van der Waals surface area contributed by atoms with Crippen LogP contribution in [0.5, 0.6) is 0 Å². The topological polar surface area (TPSA) is 24.9 Å². The Labute approximate surface area is 96.1 Å². The summed E-state index contributed by atoms with van der Waals surface area (Å²) < 4.78 is 0. The van der Waals surface area contributed by atoms with Crippen LogP contribution in [0, 0.1) is 12.8 Å². The molecule has 1 saturated carbocycles. The molecule has 1 aliphatic rings. The molecule has 1 heterocycles. The lowest BCUT2D eigenvalue weighted by atomic mass is 10.1. The largest absolute Gasteiger partial charge is 0.313 e. The van der Waals surface area contributed by atoms with Crippen molar-refractivity contribution >= 4 is 11.3 Å². The number of thiazole rings is 1. The average molecular weight is 224 g/mol. The predicted molar refractivity (Wildman–Crippen MR) is 65.5 cm³/mol. The summed E-state index contributed by atoms with van der Waals surface area (Å²) in [5, 5.41) is 7.02. The Morgan fingerprint density at radius 3 is 2.80 bits per heavy atom. The summed E-state index contributed by atoms with van der Waals surface area (Å²) in [6.45, 7) is 7.68.